The van der Waals surface area contributed by atoms with Crippen LogP contribution in [0.1, 0.15) is 35.6 Å². The van der Waals surface area contributed by atoms with Gasteiger partial charge >= 0.3 is 0 Å². The molecule has 1 aromatic heterocycles. The van der Waals surface area contributed by atoms with Crippen molar-refractivity contribution in [3.63, 3.8) is 0 Å². The summed E-state index contributed by atoms with van der Waals surface area (Å²) in [6.45, 7) is 7.01. The van der Waals surface area contributed by atoms with Crippen molar-refractivity contribution in [1.29, 1.82) is 0 Å². The first-order valence-electron chi connectivity index (χ1n) is 5.63. The van der Waals surface area contributed by atoms with Gasteiger partial charge in [-0.15, -0.1) is 0 Å². The summed E-state index contributed by atoms with van der Waals surface area (Å²) < 4.78 is 5.38. The Balaban J connectivity index is 2.28. The van der Waals surface area contributed by atoms with Gasteiger partial charge in [0, 0.05) is 13.2 Å². The number of anilines is 1. The summed E-state index contributed by atoms with van der Waals surface area (Å²) in [5, 5.41) is 3.25. The molecule has 96 valence electrons. The molecule has 1 rings (SSSR count). The van der Waals surface area contributed by atoms with Crippen LogP contribution in [0, 0.1) is 6.92 Å². The number of aromatic nitrogens is 1. The van der Waals surface area contributed by atoms with Crippen LogP contribution in [0.25, 0.3) is 0 Å². The summed E-state index contributed by atoms with van der Waals surface area (Å²) in [6.07, 6.45) is 1.03. The third-order valence-corrected chi connectivity index (χ3v) is 3.06. The van der Waals surface area contributed by atoms with Crippen molar-refractivity contribution in [2.24, 2.45) is 0 Å². The minimum Gasteiger partial charge on any atom is -0.379 e. The number of carbonyl (C=O) groups excluding carboxylic acids is 1. The van der Waals surface area contributed by atoms with Crippen molar-refractivity contribution in [2.45, 2.75) is 33.3 Å². The molecule has 1 heterocycles. The zero-order chi connectivity index (χ0) is 12.8. The summed E-state index contributed by atoms with van der Waals surface area (Å²) in [4.78, 5) is 16.3. The lowest BCUT2D eigenvalue weighted by Gasteiger charge is -2.07. The molecule has 0 aliphatic carbocycles. The van der Waals surface area contributed by atoms with E-state index in [0.717, 1.165) is 6.42 Å². The van der Waals surface area contributed by atoms with E-state index in [0.29, 0.717) is 28.9 Å². The normalized spacial score (nSPS) is 10.8. The monoisotopic (exact) mass is 257 g/mol. The minimum absolute atomic E-state index is 0.110. The smallest absolute Gasteiger partial charge is 0.263 e. The van der Waals surface area contributed by atoms with Crippen LogP contribution in [-0.4, -0.2) is 30.1 Å². The van der Waals surface area contributed by atoms with Crippen molar-refractivity contribution in [2.75, 3.05) is 18.9 Å². The Hall–Kier alpha value is -1.14. The largest absolute Gasteiger partial charge is 0.379 e. The Morgan fingerprint density at radius 1 is 1.59 bits per heavy atom. The van der Waals surface area contributed by atoms with Gasteiger partial charge in [0.1, 0.15) is 4.88 Å². The zero-order valence-corrected chi connectivity index (χ0v) is 11.3. The molecular formula is C11H19N3O2S. The molecule has 0 aliphatic rings. The van der Waals surface area contributed by atoms with Crippen LogP contribution in [0.2, 0.25) is 0 Å². The summed E-state index contributed by atoms with van der Waals surface area (Å²) in [6, 6.07) is 0. The van der Waals surface area contributed by atoms with E-state index in [4.69, 9.17) is 10.5 Å². The first kappa shape index (κ1) is 13.9. The summed E-state index contributed by atoms with van der Waals surface area (Å²) >= 11 is 1.21. The number of aryl methyl sites for hydroxylation is 1. The fourth-order valence-corrected chi connectivity index (χ4v) is 2.05. The first-order chi connectivity index (χ1) is 8.00. The van der Waals surface area contributed by atoms with Gasteiger partial charge in [0.25, 0.3) is 5.91 Å². The fourth-order valence-electron chi connectivity index (χ4n) is 1.30. The van der Waals surface area contributed by atoms with E-state index in [1.165, 1.54) is 11.3 Å². The van der Waals surface area contributed by atoms with Crippen LogP contribution in [0.15, 0.2) is 0 Å². The lowest BCUT2D eigenvalue weighted by molar-refractivity contribution is 0.0757. The molecule has 1 aromatic rings. The molecular weight excluding hydrogens is 238 g/mol. The molecule has 0 saturated carbocycles. The van der Waals surface area contributed by atoms with E-state index >= 15 is 0 Å². The van der Waals surface area contributed by atoms with Crippen LogP contribution in [0.3, 0.4) is 0 Å². The SMILES string of the molecule is Cc1nc(N)sc1C(=O)NCCCOC(C)C. The molecule has 0 unspecified atom stereocenters. The van der Waals surface area contributed by atoms with Crippen LogP contribution in [0.4, 0.5) is 5.13 Å². The molecule has 0 spiro atoms. The van der Waals surface area contributed by atoms with Crippen LogP contribution >= 0.6 is 11.3 Å². The Kier molecular flexibility index (Phi) is 5.37. The summed E-state index contributed by atoms with van der Waals surface area (Å²) in [5.41, 5.74) is 6.22. The van der Waals surface area contributed by atoms with Crippen LogP contribution in [-0.2, 0) is 4.74 Å². The number of nitrogens with zero attached hydrogens (tertiary/aromatic N) is 1. The number of amides is 1. The number of carbonyl (C=O) groups is 1. The maximum atomic E-state index is 11.7. The van der Waals surface area contributed by atoms with Gasteiger partial charge in [-0.2, -0.15) is 0 Å². The van der Waals surface area contributed by atoms with Gasteiger partial charge in [0.2, 0.25) is 0 Å². The number of nitrogen functional groups attached to an aromatic ring is 1. The third-order valence-electron chi connectivity index (χ3n) is 2.08. The predicted octanol–water partition coefficient (Wildman–Crippen LogP) is 1.58. The number of thiazole rings is 1. The fraction of sp³-hybridized carbons (Fsp3) is 0.636. The Bertz CT molecular complexity index is 377. The maximum Gasteiger partial charge on any atom is 0.263 e. The molecule has 5 nitrogen and oxygen atoms in total. The molecule has 0 aliphatic heterocycles. The number of nitrogens with one attached hydrogen (secondary N) is 1. The van der Waals surface area contributed by atoms with E-state index in [1.807, 2.05) is 13.8 Å². The highest BCUT2D eigenvalue weighted by molar-refractivity contribution is 7.17. The lowest BCUT2D eigenvalue weighted by Crippen LogP contribution is -2.25. The second-order valence-electron chi connectivity index (χ2n) is 4.00. The highest BCUT2D eigenvalue weighted by Crippen LogP contribution is 2.19. The highest BCUT2D eigenvalue weighted by atomic mass is 32.1. The summed E-state index contributed by atoms with van der Waals surface area (Å²) in [7, 11) is 0. The van der Waals surface area contributed by atoms with Gasteiger partial charge in [0.05, 0.1) is 11.8 Å². The molecule has 0 fully saturated rings. The van der Waals surface area contributed by atoms with Crippen LogP contribution < -0.4 is 11.1 Å². The second-order valence-corrected chi connectivity index (χ2v) is 5.03. The van der Waals surface area contributed by atoms with Gasteiger partial charge in [-0.25, -0.2) is 4.98 Å². The average Bonchev–Trinajstić information content (AvgIpc) is 2.56. The molecule has 0 saturated heterocycles. The standard InChI is InChI=1S/C11H19N3O2S/c1-7(2)16-6-4-5-13-10(15)9-8(3)14-11(12)17-9/h7H,4-6H2,1-3H3,(H2,12,14)(H,13,15). The number of rotatable bonds is 6. The zero-order valence-electron chi connectivity index (χ0n) is 10.4. The topological polar surface area (TPSA) is 77.2 Å². The maximum absolute atomic E-state index is 11.7. The summed E-state index contributed by atoms with van der Waals surface area (Å²) in [5.74, 6) is -0.110. The van der Waals surface area contributed by atoms with Crippen molar-refractivity contribution < 1.29 is 9.53 Å². The van der Waals surface area contributed by atoms with Gasteiger partial charge < -0.3 is 15.8 Å². The van der Waals surface area contributed by atoms with Gasteiger partial charge in [0.15, 0.2) is 5.13 Å². The number of hydrogen-bond acceptors (Lipinski definition) is 5. The number of ether oxygens (including phenoxy) is 1. The molecule has 0 atom stereocenters. The number of nitrogens with two attached hydrogens (primary N) is 1. The minimum atomic E-state index is -0.110. The van der Waals surface area contributed by atoms with Crippen molar-refractivity contribution in [3.8, 4) is 0 Å². The molecule has 0 radical (unpaired) electrons. The quantitative estimate of drug-likeness (QED) is 0.758. The highest BCUT2D eigenvalue weighted by Gasteiger charge is 2.13. The molecule has 6 heteroatoms. The third kappa shape index (κ3) is 4.70. The van der Waals surface area contributed by atoms with Crippen molar-refractivity contribution >= 4 is 22.4 Å². The molecule has 1 amide bonds. The molecule has 0 aromatic carbocycles. The van der Waals surface area contributed by atoms with Crippen molar-refractivity contribution in [3.05, 3.63) is 10.6 Å². The Morgan fingerprint density at radius 2 is 2.29 bits per heavy atom. The van der Waals surface area contributed by atoms with Gasteiger partial charge in [-0.05, 0) is 27.2 Å². The predicted molar refractivity (Wildman–Crippen MR) is 69.3 cm³/mol. The second kappa shape index (κ2) is 6.56. The van der Waals surface area contributed by atoms with E-state index in [1.54, 1.807) is 6.92 Å². The molecule has 17 heavy (non-hydrogen) atoms. The van der Waals surface area contributed by atoms with E-state index in [9.17, 15) is 4.79 Å². The first-order valence-corrected chi connectivity index (χ1v) is 6.45. The Morgan fingerprint density at radius 3 is 2.82 bits per heavy atom. The average molecular weight is 257 g/mol. The van der Waals surface area contributed by atoms with E-state index < -0.39 is 0 Å². The van der Waals surface area contributed by atoms with E-state index in [2.05, 4.69) is 10.3 Å². The van der Waals surface area contributed by atoms with Gasteiger partial charge in [-0.1, -0.05) is 11.3 Å². The van der Waals surface area contributed by atoms with Crippen molar-refractivity contribution in [1.82, 2.24) is 10.3 Å². The van der Waals surface area contributed by atoms with E-state index in [-0.39, 0.29) is 12.0 Å². The van der Waals surface area contributed by atoms with Gasteiger partial charge in [-0.3, -0.25) is 4.79 Å². The molecule has 0 bridgehead atoms. The Labute approximate surface area is 105 Å². The lowest BCUT2D eigenvalue weighted by atomic mass is 10.3. The molecule has 3 N–H and O–H groups in total. The number of hydrogen-bond donors (Lipinski definition) is 2. The van der Waals surface area contributed by atoms with Crippen LogP contribution in [0.5, 0.6) is 0 Å².